The van der Waals surface area contributed by atoms with Crippen LogP contribution in [0.1, 0.15) is 53.9 Å². The first-order valence-electron chi connectivity index (χ1n) is 7.19. The second-order valence-electron chi connectivity index (χ2n) is 5.64. The number of hydrogen-bond acceptors (Lipinski definition) is 2. The third-order valence-corrected chi connectivity index (χ3v) is 4.46. The summed E-state index contributed by atoms with van der Waals surface area (Å²) < 4.78 is 0. The van der Waals surface area contributed by atoms with Gasteiger partial charge in [-0.25, -0.2) is 0 Å². The SMILES string of the molecule is O=C(c1cccc(C2CCC2)c1)C1CCNCC1. The van der Waals surface area contributed by atoms with Crippen molar-refractivity contribution in [1.82, 2.24) is 5.32 Å². The van der Waals surface area contributed by atoms with E-state index in [0.717, 1.165) is 31.5 Å². The fourth-order valence-electron chi connectivity index (χ4n) is 3.01. The molecule has 1 aromatic carbocycles. The maximum absolute atomic E-state index is 12.5. The van der Waals surface area contributed by atoms with Crippen LogP contribution in [0.2, 0.25) is 0 Å². The number of carbonyl (C=O) groups excluding carboxylic acids is 1. The molecule has 0 atom stereocenters. The summed E-state index contributed by atoms with van der Waals surface area (Å²) in [6.45, 7) is 1.97. The predicted molar refractivity (Wildman–Crippen MR) is 73.0 cm³/mol. The monoisotopic (exact) mass is 243 g/mol. The number of piperidine rings is 1. The summed E-state index contributed by atoms with van der Waals surface area (Å²) in [6, 6.07) is 8.38. The van der Waals surface area contributed by atoms with E-state index in [1.807, 2.05) is 6.07 Å². The van der Waals surface area contributed by atoms with Crippen LogP contribution in [-0.2, 0) is 0 Å². The molecule has 1 N–H and O–H groups in total. The Balaban J connectivity index is 1.75. The Hall–Kier alpha value is -1.15. The van der Waals surface area contributed by atoms with Gasteiger partial charge in [0.05, 0.1) is 0 Å². The number of benzene rings is 1. The average molecular weight is 243 g/mol. The van der Waals surface area contributed by atoms with E-state index in [1.54, 1.807) is 0 Å². The van der Waals surface area contributed by atoms with Crippen LogP contribution in [0.15, 0.2) is 24.3 Å². The second-order valence-corrected chi connectivity index (χ2v) is 5.64. The lowest BCUT2D eigenvalue weighted by molar-refractivity contribution is 0.0895. The Labute approximate surface area is 109 Å². The Kier molecular flexibility index (Phi) is 3.46. The first-order valence-corrected chi connectivity index (χ1v) is 7.19. The van der Waals surface area contributed by atoms with Crippen molar-refractivity contribution in [3.63, 3.8) is 0 Å². The zero-order valence-corrected chi connectivity index (χ0v) is 10.8. The molecule has 1 aliphatic heterocycles. The van der Waals surface area contributed by atoms with Gasteiger partial charge in [0.1, 0.15) is 0 Å². The molecule has 2 nitrogen and oxygen atoms in total. The molecular formula is C16H21NO. The smallest absolute Gasteiger partial charge is 0.166 e. The standard InChI is InChI=1S/C16H21NO/c18-16(13-7-9-17-10-8-13)15-6-2-5-14(11-15)12-3-1-4-12/h2,5-6,11-13,17H,1,3-4,7-10H2. The van der Waals surface area contributed by atoms with Crippen LogP contribution in [-0.4, -0.2) is 18.9 Å². The van der Waals surface area contributed by atoms with Gasteiger partial charge in [0.25, 0.3) is 0 Å². The summed E-state index contributed by atoms with van der Waals surface area (Å²) >= 11 is 0. The minimum absolute atomic E-state index is 0.239. The van der Waals surface area contributed by atoms with Crippen molar-refractivity contribution in [3.8, 4) is 0 Å². The molecular weight excluding hydrogens is 222 g/mol. The molecule has 3 rings (SSSR count). The van der Waals surface area contributed by atoms with Gasteiger partial charge < -0.3 is 5.32 Å². The van der Waals surface area contributed by atoms with Gasteiger partial charge in [-0.1, -0.05) is 24.6 Å². The van der Waals surface area contributed by atoms with Crippen LogP contribution in [0.5, 0.6) is 0 Å². The van der Waals surface area contributed by atoms with E-state index in [0.29, 0.717) is 11.7 Å². The van der Waals surface area contributed by atoms with Crippen LogP contribution in [0.25, 0.3) is 0 Å². The van der Waals surface area contributed by atoms with Crippen LogP contribution < -0.4 is 5.32 Å². The molecule has 2 aliphatic rings. The Bertz CT molecular complexity index is 430. The van der Waals surface area contributed by atoms with Crippen LogP contribution in [0.3, 0.4) is 0 Å². The normalized spacial score (nSPS) is 21.6. The topological polar surface area (TPSA) is 29.1 Å². The molecule has 2 heteroatoms. The third-order valence-electron chi connectivity index (χ3n) is 4.46. The summed E-state index contributed by atoms with van der Waals surface area (Å²) in [5.41, 5.74) is 2.31. The van der Waals surface area contributed by atoms with Crippen molar-refractivity contribution >= 4 is 5.78 Å². The number of carbonyl (C=O) groups is 1. The summed E-state index contributed by atoms with van der Waals surface area (Å²) in [4.78, 5) is 12.5. The molecule has 1 heterocycles. The molecule has 0 bridgehead atoms. The molecule has 2 fully saturated rings. The first kappa shape index (κ1) is 11.9. The van der Waals surface area contributed by atoms with Crippen molar-refractivity contribution < 1.29 is 4.79 Å². The highest BCUT2D eigenvalue weighted by Gasteiger charge is 2.24. The fourth-order valence-corrected chi connectivity index (χ4v) is 3.01. The lowest BCUT2D eigenvalue weighted by Gasteiger charge is -2.26. The zero-order chi connectivity index (χ0) is 12.4. The summed E-state index contributed by atoms with van der Waals surface area (Å²) in [5.74, 6) is 1.31. The molecule has 0 radical (unpaired) electrons. The van der Waals surface area contributed by atoms with E-state index in [-0.39, 0.29) is 5.92 Å². The average Bonchev–Trinajstić information content (AvgIpc) is 2.37. The quantitative estimate of drug-likeness (QED) is 0.826. The number of ketones is 1. The lowest BCUT2D eigenvalue weighted by Crippen LogP contribution is -2.31. The molecule has 1 saturated carbocycles. The molecule has 96 valence electrons. The molecule has 1 saturated heterocycles. The first-order chi connectivity index (χ1) is 8.84. The van der Waals surface area contributed by atoms with E-state index in [1.165, 1.54) is 24.8 Å². The lowest BCUT2D eigenvalue weighted by atomic mass is 9.79. The maximum atomic E-state index is 12.5. The molecule has 1 aliphatic carbocycles. The Morgan fingerprint density at radius 1 is 1.11 bits per heavy atom. The van der Waals surface area contributed by atoms with Crippen LogP contribution >= 0.6 is 0 Å². The minimum atomic E-state index is 0.239. The van der Waals surface area contributed by atoms with Crippen LogP contribution in [0.4, 0.5) is 0 Å². The van der Waals surface area contributed by atoms with E-state index >= 15 is 0 Å². The van der Waals surface area contributed by atoms with Gasteiger partial charge in [-0.15, -0.1) is 0 Å². The number of hydrogen-bond donors (Lipinski definition) is 1. The summed E-state index contributed by atoms with van der Waals surface area (Å²) in [7, 11) is 0. The molecule has 18 heavy (non-hydrogen) atoms. The highest BCUT2D eigenvalue weighted by Crippen LogP contribution is 2.36. The third kappa shape index (κ3) is 2.35. The van der Waals surface area contributed by atoms with E-state index < -0.39 is 0 Å². The van der Waals surface area contributed by atoms with Crippen molar-refractivity contribution in [2.75, 3.05) is 13.1 Å². The van der Waals surface area contributed by atoms with Gasteiger partial charge in [-0.3, -0.25) is 4.79 Å². The number of nitrogens with one attached hydrogen (secondary N) is 1. The van der Waals surface area contributed by atoms with Crippen molar-refractivity contribution in [2.45, 2.75) is 38.0 Å². The fraction of sp³-hybridized carbons (Fsp3) is 0.562. The minimum Gasteiger partial charge on any atom is -0.317 e. The van der Waals surface area contributed by atoms with Gasteiger partial charge in [-0.05, 0) is 56.3 Å². The Morgan fingerprint density at radius 2 is 1.89 bits per heavy atom. The number of Topliss-reactive ketones (excluding diaryl/α,β-unsaturated/α-hetero) is 1. The van der Waals surface area contributed by atoms with Gasteiger partial charge in [0, 0.05) is 11.5 Å². The van der Waals surface area contributed by atoms with E-state index in [2.05, 4.69) is 23.5 Å². The second kappa shape index (κ2) is 5.23. The van der Waals surface area contributed by atoms with Gasteiger partial charge >= 0.3 is 0 Å². The van der Waals surface area contributed by atoms with E-state index in [4.69, 9.17) is 0 Å². The van der Waals surface area contributed by atoms with Crippen molar-refractivity contribution in [1.29, 1.82) is 0 Å². The molecule has 0 unspecified atom stereocenters. The molecule has 0 aromatic heterocycles. The van der Waals surface area contributed by atoms with Gasteiger partial charge in [0.2, 0.25) is 0 Å². The molecule has 0 spiro atoms. The van der Waals surface area contributed by atoms with E-state index in [9.17, 15) is 4.79 Å². The largest absolute Gasteiger partial charge is 0.317 e. The van der Waals surface area contributed by atoms with Crippen molar-refractivity contribution in [3.05, 3.63) is 35.4 Å². The Morgan fingerprint density at radius 3 is 2.56 bits per heavy atom. The summed E-state index contributed by atoms with van der Waals surface area (Å²) in [5, 5.41) is 3.32. The highest BCUT2D eigenvalue weighted by atomic mass is 16.1. The number of rotatable bonds is 3. The maximum Gasteiger partial charge on any atom is 0.166 e. The zero-order valence-electron chi connectivity index (χ0n) is 10.8. The predicted octanol–water partition coefficient (Wildman–Crippen LogP) is 3.14. The molecule has 1 aromatic rings. The summed E-state index contributed by atoms with van der Waals surface area (Å²) in [6.07, 6.45) is 5.92. The van der Waals surface area contributed by atoms with Crippen molar-refractivity contribution in [2.24, 2.45) is 5.92 Å². The molecule has 0 amide bonds. The van der Waals surface area contributed by atoms with Gasteiger partial charge in [-0.2, -0.15) is 0 Å². The van der Waals surface area contributed by atoms with Gasteiger partial charge in [0.15, 0.2) is 5.78 Å². The highest BCUT2D eigenvalue weighted by molar-refractivity contribution is 5.98. The van der Waals surface area contributed by atoms with Crippen LogP contribution in [0, 0.1) is 5.92 Å².